The van der Waals surface area contributed by atoms with E-state index in [9.17, 15) is 0 Å². The summed E-state index contributed by atoms with van der Waals surface area (Å²) in [4.78, 5) is 2.55. The number of hydrogen-bond donors (Lipinski definition) is 0. The van der Waals surface area contributed by atoms with Crippen LogP contribution in [0.1, 0.15) is 67.6 Å². The third-order valence-electron chi connectivity index (χ3n) is 13.0. The van der Waals surface area contributed by atoms with Gasteiger partial charge in [-0.1, -0.05) is 121 Å². The minimum atomic E-state index is 0.143. The monoisotopic (exact) mass is 621 g/mol. The maximum absolute atomic E-state index is 2.55. The van der Waals surface area contributed by atoms with Crippen LogP contribution in [-0.4, -0.2) is 0 Å². The summed E-state index contributed by atoms with van der Waals surface area (Å²) < 4.78 is 0. The molecule has 236 valence electrons. The van der Waals surface area contributed by atoms with Crippen LogP contribution in [0.5, 0.6) is 0 Å². The third kappa shape index (κ3) is 4.36. The van der Waals surface area contributed by atoms with Crippen LogP contribution in [0.4, 0.5) is 11.4 Å². The Labute approximate surface area is 285 Å². The van der Waals surface area contributed by atoms with Gasteiger partial charge in [-0.05, 0) is 126 Å². The van der Waals surface area contributed by atoms with E-state index in [1.807, 2.05) is 0 Å². The molecule has 0 saturated heterocycles. The fourth-order valence-corrected chi connectivity index (χ4v) is 11.0. The predicted octanol–water partition coefficient (Wildman–Crippen LogP) is 12.2. The summed E-state index contributed by atoms with van der Waals surface area (Å²) in [6, 6.07) is 47.7. The lowest BCUT2D eigenvalue weighted by molar-refractivity contribution is 0.189. The Bertz CT molecular complexity index is 2040. The summed E-state index contributed by atoms with van der Waals surface area (Å²) in [7, 11) is 0. The summed E-state index contributed by atoms with van der Waals surface area (Å²) in [5.74, 6) is 3.96. The average molecular weight is 622 g/mol. The van der Waals surface area contributed by atoms with Crippen molar-refractivity contribution in [3.8, 4) is 22.3 Å². The SMILES string of the molecule is C1=CC(c2ccc(-c3ccccc3)cc2)CC=C1N(c1ccccc1)c1cccc2c1-c1ccccc1C21CCC2CC3CC1C[C@H]2C3. The summed E-state index contributed by atoms with van der Waals surface area (Å²) in [5, 5.41) is 0. The molecular formula is C47H43N. The zero-order valence-electron chi connectivity index (χ0n) is 27.6. The maximum atomic E-state index is 2.55. The number of nitrogens with zero attached hydrogens (tertiary/aromatic N) is 1. The number of para-hydroxylation sites is 1. The van der Waals surface area contributed by atoms with Crippen LogP contribution in [0.2, 0.25) is 0 Å². The summed E-state index contributed by atoms with van der Waals surface area (Å²) in [5.41, 5.74) is 14.0. The zero-order valence-corrected chi connectivity index (χ0v) is 27.6. The lowest BCUT2D eigenvalue weighted by Gasteiger charge is -2.43. The van der Waals surface area contributed by atoms with Crippen molar-refractivity contribution in [1.82, 2.24) is 0 Å². The first-order chi connectivity index (χ1) is 23.8. The molecular weight excluding hydrogens is 579 g/mol. The van der Waals surface area contributed by atoms with Gasteiger partial charge in [0, 0.05) is 28.3 Å². The van der Waals surface area contributed by atoms with Crippen LogP contribution in [0, 0.1) is 23.7 Å². The van der Waals surface area contributed by atoms with Crippen molar-refractivity contribution in [3.05, 3.63) is 168 Å². The molecule has 10 rings (SSSR count). The molecule has 1 spiro atoms. The van der Waals surface area contributed by atoms with E-state index < -0.39 is 0 Å². The van der Waals surface area contributed by atoms with Crippen molar-refractivity contribution in [2.24, 2.45) is 23.7 Å². The van der Waals surface area contributed by atoms with Crippen molar-refractivity contribution >= 4 is 11.4 Å². The Morgan fingerprint density at radius 2 is 1.33 bits per heavy atom. The first kappa shape index (κ1) is 28.4. The molecule has 0 heterocycles. The van der Waals surface area contributed by atoms with Gasteiger partial charge in [0.1, 0.15) is 0 Å². The number of anilines is 2. The molecule has 48 heavy (non-hydrogen) atoms. The van der Waals surface area contributed by atoms with Crippen LogP contribution >= 0.6 is 0 Å². The molecule has 5 aromatic carbocycles. The Kier molecular flexibility index (Phi) is 6.64. The van der Waals surface area contributed by atoms with E-state index in [1.165, 1.54) is 83.4 Å². The summed E-state index contributed by atoms with van der Waals surface area (Å²) in [6.07, 6.45) is 16.8. The second kappa shape index (κ2) is 11.2. The topological polar surface area (TPSA) is 3.24 Å². The van der Waals surface area contributed by atoms with Gasteiger partial charge < -0.3 is 4.90 Å². The number of fused-ring (bicyclic) bond motifs is 8. The molecule has 0 amide bonds. The van der Waals surface area contributed by atoms with E-state index in [2.05, 4.69) is 151 Å². The minimum absolute atomic E-state index is 0.143. The Balaban J connectivity index is 1.05. The van der Waals surface area contributed by atoms with E-state index in [0.717, 1.165) is 30.1 Å². The number of hydrogen-bond acceptors (Lipinski definition) is 1. The molecule has 5 aromatic rings. The smallest absolute Gasteiger partial charge is 0.0543 e. The van der Waals surface area contributed by atoms with Gasteiger partial charge >= 0.3 is 0 Å². The van der Waals surface area contributed by atoms with Crippen LogP contribution < -0.4 is 4.90 Å². The lowest BCUT2D eigenvalue weighted by atomic mass is 9.60. The third-order valence-corrected chi connectivity index (χ3v) is 13.0. The highest BCUT2D eigenvalue weighted by molar-refractivity contribution is 5.93. The fourth-order valence-electron chi connectivity index (χ4n) is 11.0. The van der Waals surface area contributed by atoms with E-state index >= 15 is 0 Å². The number of allylic oxidation sites excluding steroid dienone is 3. The molecule has 3 fully saturated rings. The highest BCUT2D eigenvalue weighted by atomic mass is 15.1. The van der Waals surface area contributed by atoms with Gasteiger partial charge in [-0.2, -0.15) is 0 Å². The highest BCUT2D eigenvalue weighted by Gasteiger charge is 2.56. The van der Waals surface area contributed by atoms with E-state index in [1.54, 1.807) is 11.1 Å². The quantitative estimate of drug-likeness (QED) is 0.189. The molecule has 5 unspecified atom stereocenters. The van der Waals surface area contributed by atoms with Crippen molar-refractivity contribution in [3.63, 3.8) is 0 Å². The predicted molar refractivity (Wildman–Crippen MR) is 199 cm³/mol. The van der Waals surface area contributed by atoms with Crippen LogP contribution in [0.25, 0.3) is 22.3 Å². The van der Waals surface area contributed by atoms with Gasteiger partial charge in [-0.15, -0.1) is 0 Å². The van der Waals surface area contributed by atoms with Gasteiger partial charge in [0.2, 0.25) is 0 Å². The van der Waals surface area contributed by atoms with Crippen LogP contribution in [-0.2, 0) is 5.41 Å². The van der Waals surface area contributed by atoms with E-state index in [4.69, 9.17) is 0 Å². The van der Waals surface area contributed by atoms with Gasteiger partial charge in [0.25, 0.3) is 0 Å². The molecule has 3 bridgehead atoms. The van der Waals surface area contributed by atoms with Crippen molar-refractivity contribution < 1.29 is 0 Å². The molecule has 1 nitrogen and oxygen atoms in total. The second-order valence-electron chi connectivity index (χ2n) is 15.3. The molecule has 0 aromatic heterocycles. The van der Waals surface area contributed by atoms with Gasteiger partial charge in [-0.25, -0.2) is 0 Å². The number of rotatable bonds is 5. The van der Waals surface area contributed by atoms with Crippen molar-refractivity contribution in [2.45, 2.75) is 56.3 Å². The fraction of sp³-hybridized carbons (Fsp3) is 0.277. The normalized spacial score (nSPS) is 27.8. The molecule has 5 aliphatic carbocycles. The zero-order chi connectivity index (χ0) is 31.7. The van der Waals surface area contributed by atoms with Gasteiger partial charge in [0.05, 0.1) is 5.69 Å². The van der Waals surface area contributed by atoms with Gasteiger partial charge in [-0.3, -0.25) is 0 Å². The maximum Gasteiger partial charge on any atom is 0.0543 e. The lowest BCUT2D eigenvalue weighted by Crippen LogP contribution is -2.37. The van der Waals surface area contributed by atoms with Crippen LogP contribution in [0.15, 0.2) is 151 Å². The summed E-state index contributed by atoms with van der Waals surface area (Å²) in [6.45, 7) is 0. The Morgan fingerprint density at radius 1 is 0.604 bits per heavy atom. The standard InChI is InChI=1S/C47H43N/c1-3-10-33(11-4-1)34-18-20-35(21-19-34)36-22-24-41(25-23-36)48(40-12-5-2-6-13-40)45-17-9-16-44-46(45)42-14-7-8-15-43(42)47(44)27-26-37-28-32-29-38(37)31-39(47)30-32/h1-22,24-25,32,36-39H,23,26-31H2/t32?,36?,37?,38-,39?,47?/m1/s1. The molecule has 0 N–H and O–H groups in total. The molecule has 5 aliphatic rings. The van der Waals surface area contributed by atoms with Crippen molar-refractivity contribution in [1.29, 1.82) is 0 Å². The summed E-state index contributed by atoms with van der Waals surface area (Å²) >= 11 is 0. The first-order valence-electron chi connectivity index (χ1n) is 18.4. The molecule has 3 saturated carbocycles. The molecule has 6 atom stereocenters. The van der Waals surface area contributed by atoms with Crippen LogP contribution in [0.3, 0.4) is 0 Å². The Hall–Kier alpha value is -4.62. The second-order valence-corrected chi connectivity index (χ2v) is 15.3. The van der Waals surface area contributed by atoms with Crippen molar-refractivity contribution in [2.75, 3.05) is 4.90 Å². The van der Waals surface area contributed by atoms with Gasteiger partial charge in [0.15, 0.2) is 0 Å². The minimum Gasteiger partial charge on any atom is -0.310 e. The Morgan fingerprint density at radius 3 is 2.15 bits per heavy atom. The average Bonchev–Trinajstić information content (AvgIpc) is 3.58. The highest BCUT2D eigenvalue weighted by Crippen LogP contribution is 2.66. The first-order valence-corrected chi connectivity index (χ1v) is 18.4. The molecule has 1 heteroatoms. The van der Waals surface area contributed by atoms with E-state index in [-0.39, 0.29) is 5.41 Å². The largest absolute Gasteiger partial charge is 0.310 e. The number of benzene rings is 5. The van der Waals surface area contributed by atoms with E-state index in [0.29, 0.717) is 5.92 Å². The molecule has 0 aliphatic heterocycles. The molecule has 0 radical (unpaired) electrons.